The molecule has 2 fully saturated rings. The fourth-order valence-electron chi connectivity index (χ4n) is 1.85. The van der Waals surface area contributed by atoms with E-state index in [1.807, 2.05) is 0 Å². The van der Waals surface area contributed by atoms with E-state index < -0.39 is 0 Å². The van der Waals surface area contributed by atoms with Crippen molar-refractivity contribution in [3.63, 3.8) is 0 Å². The van der Waals surface area contributed by atoms with Crippen molar-refractivity contribution in [2.24, 2.45) is 5.41 Å². The third kappa shape index (κ3) is 1.30. The van der Waals surface area contributed by atoms with Gasteiger partial charge >= 0.3 is 0 Å². The maximum absolute atomic E-state index is 10.8. The Balaban J connectivity index is 1.96. The fourth-order valence-corrected chi connectivity index (χ4v) is 1.85. The predicted molar refractivity (Wildman–Crippen MR) is 40.4 cm³/mol. The Kier molecular flexibility index (Phi) is 1.69. The van der Waals surface area contributed by atoms with Crippen LogP contribution in [0, 0.1) is 5.41 Å². The van der Waals surface area contributed by atoms with E-state index >= 15 is 0 Å². The molecule has 3 nitrogen and oxygen atoms in total. The number of rotatable bonds is 0. The van der Waals surface area contributed by atoms with Crippen LogP contribution < -0.4 is 5.32 Å². The van der Waals surface area contributed by atoms with Crippen molar-refractivity contribution in [1.29, 1.82) is 0 Å². The summed E-state index contributed by atoms with van der Waals surface area (Å²) in [5, 5.41) is 3.28. The van der Waals surface area contributed by atoms with Crippen LogP contribution in [-0.2, 0) is 9.53 Å². The van der Waals surface area contributed by atoms with Crippen LogP contribution in [0.25, 0.3) is 0 Å². The first kappa shape index (κ1) is 7.25. The van der Waals surface area contributed by atoms with Gasteiger partial charge in [-0.15, -0.1) is 0 Å². The van der Waals surface area contributed by atoms with E-state index in [1.54, 1.807) is 0 Å². The zero-order valence-corrected chi connectivity index (χ0v) is 6.56. The van der Waals surface area contributed by atoms with Gasteiger partial charge in [0.1, 0.15) is 5.78 Å². The first-order valence-electron chi connectivity index (χ1n) is 4.11. The molecule has 0 bridgehead atoms. The second-order valence-corrected chi connectivity index (χ2v) is 3.62. The van der Waals surface area contributed by atoms with Crippen LogP contribution in [0.2, 0.25) is 0 Å². The highest BCUT2D eigenvalue weighted by Crippen LogP contribution is 2.38. The number of Topliss-reactive ketones (excluding diaryl/α,β-unsaturated/α-hetero) is 1. The minimum atomic E-state index is 0.174. The topological polar surface area (TPSA) is 38.3 Å². The summed E-state index contributed by atoms with van der Waals surface area (Å²) in [6.07, 6.45) is 1.44. The summed E-state index contributed by atoms with van der Waals surface area (Å²) in [7, 11) is 0. The van der Waals surface area contributed by atoms with E-state index in [4.69, 9.17) is 4.74 Å². The third-order valence-electron chi connectivity index (χ3n) is 2.48. The predicted octanol–water partition coefficient (Wildman–Crippen LogP) is -0.0445. The number of nitrogens with one attached hydrogen (secondary N) is 1. The lowest BCUT2D eigenvalue weighted by molar-refractivity contribution is -0.135. The van der Waals surface area contributed by atoms with Crippen molar-refractivity contribution in [3.8, 4) is 0 Å². The molecule has 0 amide bonds. The summed E-state index contributed by atoms with van der Waals surface area (Å²) >= 11 is 0. The highest BCUT2D eigenvalue weighted by atomic mass is 16.5. The molecule has 0 aromatic heterocycles. The van der Waals surface area contributed by atoms with Crippen LogP contribution in [0.1, 0.15) is 12.8 Å². The standard InChI is InChI=1S/C8H13NO2/c10-7-3-8(4-7)5-9-1-2-11-6-8/h9H,1-6H2. The molecule has 0 aromatic carbocycles. The van der Waals surface area contributed by atoms with E-state index in [0.717, 1.165) is 39.1 Å². The molecule has 2 rings (SSSR count). The summed E-state index contributed by atoms with van der Waals surface area (Å²) in [6, 6.07) is 0. The van der Waals surface area contributed by atoms with E-state index in [1.165, 1.54) is 0 Å². The molecule has 1 heterocycles. The minimum Gasteiger partial charge on any atom is -0.379 e. The molecule has 1 aliphatic carbocycles. The third-order valence-corrected chi connectivity index (χ3v) is 2.48. The quantitative estimate of drug-likeness (QED) is 0.533. The summed E-state index contributed by atoms with van der Waals surface area (Å²) in [6.45, 7) is 3.44. The van der Waals surface area contributed by atoms with Gasteiger partial charge in [0.15, 0.2) is 0 Å². The van der Waals surface area contributed by atoms with Gasteiger partial charge < -0.3 is 10.1 Å². The molecule has 0 atom stereocenters. The molecule has 0 radical (unpaired) electrons. The van der Waals surface area contributed by atoms with Gasteiger partial charge in [0, 0.05) is 31.3 Å². The molecule has 1 aliphatic heterocycles. The number of ether oxygens (including phenoxy) is 1. The van der Waals surface area contributed by atoms with E-state index in [-0.39, 0.29) is 5.41 Å². The molecule has 1 saturated heterocycles. The highest BCUT2D eigenvalue weighted by Gasteiger charge is 2.43. The van der Waals surface area contributed by atoms with Gasteiger partial charge in [-0.2, -0.15) is 0 Å². The molecular formula is C8H13NO2. The van der Waals surface area contributed by atoms with Gasteiger partial charge in [0.05, 0.1) is 13.2 Å². The number of hydrogen-bond donors (Lipinski definition) is 1. The van der Waals surface area contributed by atoms with E-state index in [9.17, 15) is 4.79 Å². The van der Waals surface area contributed by atoms with Gasteiger partial charge in [0.2, 0.25) is 0 Å². The van der Waals surface area contributed by atoms with Crippen molar-refractivity contribution < 1.29 is 9.53 Å². The Morgan fingerprint density at radius 3 is 3.00 bits per heavy atom. The van der Waals surface area contributed by atoms with Crippen LogP contribution in [0.5, 0.6) is 0 Å². The number of carbonyl (C=O) groups excluding carboxylic acids is 1. The molecular weight excluding hydrogens is 142 g/mol. The molecule has 0 aromatic rings. The van der Waals surface area contributed by atoms with E-state index in [2.05, 4.69) is 5.32 Å². The Morgan fingerprint density at radius 2 is 2.27 bits per heavy atom. The van der Waals surface area contributed by atoms with Gasteiger partial charge in [0.25, 0.3) is 0 Å². The van der Waals surface area contributed by atoms with Gasteiger partial charge in [-0.1, -0.05) is 0 Å². The smallest absolute Gasteiger partial charge is 0.134 e. The summed E-state index contributed by atoms with van der Waals surface area (Å²) < 4.78 is 5.39. The Morgan fingerprint density at radius 1 is 1.45 bits per heavy atom. The lowest BCUT2D eigenvalue weighted by Crippen LogP contribution is -2.46. The van der Waals surface area contributed by atoms with E-state index in [0.29, 0.717) is 5.78 Å². The lowest BCUT2D eigenvalue weighted by Gasteiger charge is -2.38. The Hall–Kier alpha value is -0.410. The molecule has 0 unspecified atom stereocenters. The SMILES string of the molecule is O=C1CC2(CNCCOC2)C1. The first-order chi connectivity index (χ1) is 5.31. The summed E-state index contributed by atoms with van der Waals surface area (Å²) in [4.78, 5) is 10.8. The van der Waals surface area contributed by atoms with Crippen molar-refractivity contribution in [2.75, 3.05) is 26.3 Å². The number of hydrogen-bond acceptors (Lipinski definition) is 3. The summed E-state index contributed by atoms with van der Waals surface area (Å²) in [5.41, 5.74) is 0.174. The molecule has 3 heteroatoms. The second-order valence-electron chi connectivity index (χ2n) is 3.62. The summed E-state index contributed by atoms with van der Waals surface area (Å²) in [5.74, 6) is 0.386. The maximum atomic E-state index is 10.8. The molecule has 1 saturated carbocycles. The highest BCUT2D eigenvalue weighted by molar-refractivity contribution is 5.86. The van der Waals surface area contributed by atoms with Crippen LogP contribution in [0.3, 0.4) is 0 Å². The van der Waals surface area contributed by atoms with Gasteiger partial charge in [-0.25, -0.2) is 0 Å². The van der Waals surface area contributed by atoms with Crippen LogP contribution >= 0.6 is 0 Å². The fraction of sp³-hybridized carbons (Fsp3) is 0.875. The van der Waals surface area contributed by atoms with Crippen LogP contribution in [0.15, 0.2) is 0 Å². The lowest BCUT2D eigenvalue weighted by atomic mass is 9.68. The van der Waals surface area contributed by atoms with Gasteiger partial charge in [-0.05, 0) is 0 Å². The first-order valence-corrected chi connectivity index (χ1v) is 4.11. The molecule has 11 heavy (non-hydrogen) atoms. The van der Waals surface area contributed by atoms with Gasteiger partial charge in [-0.3, -0.25) is 4.79 Å². The van der Waals surface area contributed by atoms with Crippen molar-refractivity contribution in [1.82, 2.24) is 5.32 Å². The molecule has 1 N–H and O–H groups in total. The maximum Gasteiger partial charge on any atom is 0.134 e. The van der Waals surface area contributed by atoms with Crippen LogP contribution in [0.4, 0.5) is 0 Å². The number of ketones is 1. The second kappa shape index (κ2) is 2.57. The average molecular weight is 155 g/mol. The Labute approximate surface area is 66.1 Å². The monoisotopic (exact) mass is 155 g/mol. The Bertz CT molecular complexity index is 161. The molecule has 2 aliphatic rings. The van der Waals surface area contributed by atoms with Crippen LogP contribution in [-0.4, -0.2) is 32.1 Å². The largest absolute Gasteiger partial charge is 0.379 e. The van der Waals surface area contributed by atoms with Crippen molar-refractivity contribution >= 4 is 5.78 Å². The van der Waals surface area contributed by atoms with Crippen molar-refractivity contribution in [3.05, 3.63) is 0 Å². The normalized spacial score (nSPS) is 29.6. The van der Waals surface area contributed by atoms with Crippen molar-refractivity contribution in [2.45, 2.75) is 12.8 Å². The number of carbonyl (C=O) groups is 1. The molecule has 62 valence electrons. The zero-order valence-electron chi connectivity index (χ0n) is 6.56. The average Bonchev–Trinajstić information content (AvgIpc) is 2.12. The molecule has 1 spiro atoms. The minimum absolute atomic E-state index is 0.174. The zero-order chi connectivity index (χ0) is 7.73.